The lowest BCUT2D eigenvalue weighted by molar-refractivity contribution is -0.138. The highest BCUT2D eigenvalue weighted by Gasteiger charge is 2.62. The van der Waals surface area contributed by atoms with Gasteiger partial charge < -0.3 is 19.9 Å². The molecule has 3 aliphatic heterocycles. The first-order chi connectivity index (χ1) is 13.0. The molecule has 0 radical (unpaired) electrons. The van der Waals surface area contributed by atoms with Crippen LogP contribution in [0.2, 0.25) is 0 Å². The summed E-state index contributed by atoms with van der Waals surface area (Å²) in [6.45, 7) is 4.39. The first kappa shape index (κ1) is 18.3. The zero-order valence-electron chi connectivity index (χ0n) is 15.5. The molecule has 3 saturated heterocycles. The zero-order valence-corrected chi connectivity index (χ0v) is 15.5. The molecular weight excluding hydrogens is 348 g/mol. The van der Waals surface area contributed by atoms with Crippen molar-refractivity contribution in [2.45, 2.75) is 31.5 Å². The summed E-state index contributed by atoms with van der Waals surface area (Å²) < 4.78 is 11.8. The van der Waals surface area contributed by atoms with Gasteiger partial charge in [0.1, 0.15) is 5.75 Å². The van der Waals surface area contributed by atoms with Crippen LogP contribution >= 0.6 is 0 Å². The van der Waals surface area contributed by atoms with Crippen LogP contribution in [-0.2, 0) is 9.53 Å². The summed E-state index contributed by atoms with van der Waals surface area (Å²) in [7, 11) is 0. The van der Waals surface area contributed by atoms with Crippen LogP contribution in [0.3, 0.4) is 0 Å². The van der Waals surface area contributed by atoms with E-state index < -0.39 is 5.97 Å². The number of carbonyl (C=O) groups excluding carboxylic acids is 1. The number of nitrogens with zero attached hydrogens (tertiary/aromatic N) is 1. The van der Waals surface area contributed by atoms with Crippen molar-refractivity contribution < 1.29 is 24.2 Å². The van der Waals surface area contributed by atoms with Crippen molar-refractivity contribution in [3.8, 4) is 5.75 Å². The molecule has 4 atom stereocenters. The second kappa shape index (κ2) is 7.13. The number of amides is 1. The summed E-state index contributed by atoms with van der Waals surface area (Å²) in [6.07, 6.45) is 2.12. The molecule has 27 heavy (non-hydrogen) atoms. The highest BCUT2D eigenvalue weighted by Crippen LogP contribution is 2.54. The molecule has 3 heterocycles. The molecule has 2 N–H and O–H groups in total. The summed E-state index contributed by atoms with van der Waals surface area (Å²) in [5.74, 6) is 0.139. The SMILES string of the molecule is CCOc1ccccc1C(=O)NC[C@H]1[C@H]2CN(CC(=O)O)C[C@]23CC[C@H]1O3. The van der Waals surface area contributed by atoms with Gasteiger partial charge in [-0.1, -0.05) is 12.1 Å². The van der Waals surface area contributed by atoms with Crippen LogP contribution in [0.15, 0.2) is 24.3 Å². The molecule has 146 valence electrons. The van der Waals surface area contributed by atoms with E-state index in [2.05, 4.69) is 5.32 Å². The second-order valence-electron chi connectivity index (χ2n) is 7.73. The van der Waals surface area contributed by atoms with Crippen molar-refractivity contribution in [1.82, 2.24) is 10.2 Å². The van der Waals surface area contributed by atoms with Gasteiger partial charge in [-0.25, -0.2) is 0 Å². The van der Waals surface area contributed by atoms with Crippen LogP contribution in [0, 0.1) is 11.8 Å². The Kier molecular flexibility index (Phi) is 4.82. The molecule has 1 aromatic carbocycles. The Balaban J connectivity index is 1.42. The Morgan fingerprint density at radius 2 is 2.22 bits per heavy atom. The van der Waals surface area contributed by atoms with Crippen LogP contribution in [0.25, 0.3) is 0 Å². The lowest BCUT2D eigenvalue weighted by atomic mass is 9.73. The number of aliphatic carboxylic acids is 1. The first-order valence-electron chi connectivity index (χ1n) is 9.64. The van der Waals surface area contributed by atoms with Crippen LogP contribution in [0.4, 0.5) is 0 Å². The van der Waals surface area contributed by atoms with Gasteiger partial charge in [0.2, 0.25) is 0 Å². The maximum absolute atomic E-state index is 12.7. The maximum atomic E-state index is 12.7. The topological polar surface area (TPSA) is 88.1 Å². The quantitative estimate of drug-likeness (QED) is 0.750. The summed E-state index contributed by atoms with van der Waals surface area (Å²) in [5.41, 5.74) is 0.315. The molecule has 0 unspecified atom stereocenters. The normalized spacial score (nSPS) is 31.7. The summed E-state index contributed by atoms with van der Waals surface area (Å²) in [5, 5.41) is 12.1. The first-order valence-corrected chi connectivity index (χ1v) is 9.64. The van der Waals surface area contributed by atoms with Gasteiger partial charge in [-0.3, -0.25) is 14.5 Å². The smallest absolute Gasteiger partial charge is 0.317 e. The van der Waals surface area contributed by atoms with E-state index in [9.17, 15) is 9.59 Å². The van der Waals surface area contributed by atoms with Gasteiger partial charge in [0.25, 0.3) is 5.91 Å². The largest absolute Gasteiger partial charge is 0.493 e. The van der Waals surface area contributed by atoms with E-state index in [4.69, 9.17) is 14.6 Å². The van der Waals surface area contributed by atoms with Crippen LogP contribution < -0.4 is 10.1 Å². The minimum absolute atomic E-state index is 0.0487. The Bertz CT molecular complexity index is 739. The van der Waals surface area contributed by atoms with Crippen LogP contribution in [0.5, 0.6) is 5.75 Å². The van der Waals surface area contributed by atoms with Crippen molar-refractivity contribution >= 4 is 11.9 Å². The van der Waals surface area contributed by atoms with Gasteiger partial charge in [-0.05, 0) is 31.9 Å². The monoisotopic (exact) mass is 374 g/mol. The molecule has 3 aliphatic rings. The summed E-state index contributed by atoms with van der Waals surface area (Å²) in [6, 6.07) is 7.25. The molecular formula is C20H26N2O5. The second-order valence-corrected chi connectivity index (χ2v) is 7.73. The highest BCUT2D eigenvalue weighted by atomic mass is 16.5. The Hall–Kier alpha value is -2.12. The molecule has 1 amide bonds. The number of carboxylic acid groups (broad SMARTS) is 1. The van der Waals surface area contributed by atoms with Crippen LogP contribution in [0.1, 0.15) is 30.1 Å². The predicted octanol–water partition coefficient (Wildman–Crippen LogP) is 1.38. The van der Waals surface area contributed by atoms with Crippen molar-refractivity contribution in [2.24, 2.45) is 11.8 Å². The van der Waals surface area contributed by atoms with E-state index in [1.54, 1.807) is 12.1 Å². The van der Waals surface area contributed by atoms with E-state index in [1.807, 2.05) is 24.0 Å². The van der Waals surface area contributed by atoms with Gasteiger partial charge in [0.15, 0.2) is 0 Å². The average Bonchev–Trinajstić information content (AvgIpc) is 3.27. The minimum Gasteiger partial charge on any atom is -0.493 e. The minimum atomic E-state index is -0.807. The maximum Gasteiger partial charge on any atom is 0.317 e. The van der Waals surface area contributed by atoms with Gasteiger partial charge >= 0.3 is 5.97 Å². The fraction of sp³-hybridized carbons (Fsp3) is 0.600. The van der Waals surface area contributed by atoms with Gasteiger partial charge in [-0.15, -0.1) is 0 Å². The van der Waals surface area contributed by atoms with Crippen molar-refractivity contribution in [3.63, 3.8) is 0 Å². The molecule has 1 aromatic rings. The molecule has 4 rings (SSSR count). The van der Waals surface area contributed by atoms with Crippen molar-refractivity contribution in [1.29, 1.82) is 0 Å². The number of hydrogen-bond acceptors (Lipinski definition) is 5. The van der Waals surface area contributed by atoms with Gasteiger partial charge in [-0.2, -0.15) is 0 Å². The molecule has 3 fully saturated rings. The molecule has 0 aromatic heterocycles. The third-order valence-corrected chi connectivity index (χ3v) is 6.14. The van der Waals surface area contributed by atoms with E-state index in [1.165, 1.54) is 0 Å². The lowest BCUT2D eigenvalue weighted by Gasteiger charge is -2.29. The molecule has 7 heteroatoms. The number of fused-ring (bicyclic) bond motifs is 1. The summed E-state index contributed by atoms with van der Waals surface area (Å²) >= 11 is 0. The molecule has 7 nitrogen and oxygen atoms in total. The Labute approximate surface area is 158 Å². The van der Waals surface area contributed by atoms with E-state index in [0.717, 1.165) is 19.4 Å². The van der Waals surface area contributed by atoms with Gasteiger partial charge in [0, 0.05) is 31.5 Å². The van der Waals surface area contributed by atoms with Gasteiger partial charge in [0.05, 0.1) is 30.4 Å². The standard InChI is InChI=1S/C20H26N2O5/c1-2-26-16-6-4-3-5-13(16)19(25)21-9-14-15-10-22(11-18(23)24)12-20(15)8-7-17(14)27-20/h3-6,14-15,17H,2,7-12H2,1H3,(H,21,25)(H,23,24)/t14-,15+,17+,20+/m0/s1. The fourth-order valence-corrected chi connectivity index (χ4v) is 5.11. The third kappa shape index (κ3) is 3.30. The molecule has 0 aliphatic carbocycles. The number of ether oxygens (including phenoxy) is 2. The number of para-hydroxylation sites is 1. The fourth-order valence-electron chi connectivity index (χ4n) is 5.11. The average molecular weight is 374 g/mol. The van der Waals surface area contributed by atoms with E-state index in [-0.39, 0.29) is 36.0 Å². The van der Waals surface area contributed by atoms with Crippen molar-refractivity contribution in [3.05, 3.63) is 29.8 Å². The molecule has 2 bridgehead atoms. The van der Waals surface area contributed by atoms with Crippen LogP contribution in [-0.4, -0.2) is 66.4 Å². The predicted molar refractivity (Wildman–Crippen MR) is 97.8 cm³/mol. The number of carbonyl (C=O) groups is 2. The zero-order chi connectivity index (χ0) is 19.0. The van der Waals surface area contributed by atoms with E-state index in [0.29, 0.717) is 31.0 Å². The summed E-state index contributed by atoms with van der Waals surface area (Å²) in [4.78, 5) is 25.7. The molecule has 1 spiro atoms. The van der Waals surface area contributed by atoms with Crippen molar-refractivity contribution in [2.75, 3.05) is 32.8 Å². The number of likely N-dealkylation sites (tertiary alicyclic amines) is 1. The number of benzene rings is 1. The lowest BCUT2D eigenvalue weighted by Crippen LogP contribution is -2.42. The van der Waals surface area contributed by atoms with E-state index >= 15 is 0 Å². The number of nitrogens with one attached hydrogen (secondary N) is 1. The molecule has 0 saturated carbocycles. The Morgan fingerprint density at radius 3 is 3.00 bits per heavy atom. The number of rotatable bonds is 7. The third-order valence-electron chi connectivity index (χ3n) is 6.14. The highest BCUT2D eigenvalue weighted by molar-refractivity contribution is 5.96. The number of carboxylic acids is 1. The number of hydrogen-bond donors (Lipinski definition) is 2. The Morgan fingerprint density at radius 1 is 1.41 bits per heavy atom.